The average molecular weight is 348 g/mol. The van der Waals surface area contributed by atoms with Crippen LogP contribution in [0.5, 0.6) is 0 Å². The van der Waals surface area contributed by atoms with Gasteiger partial charge in [-0.2, -0.15) is 0 Å². The summed E-state index contributed by atoms with van der Waals surface area (Å²) in [5.74, 6) is -0.181. The highest BCUT2D eigenvalue weighted by molar-refractivity contribution is 7.09. The molecule has 2 atom stereocenters. The van der Waals surface area contributed by atoms with E-state index in [4.69, 9.17) is 5.73 Å². The summed E-state index contributed by atoms with van der Waals surface area (Å²) in [5, 5.41) is 16.6. The first kappa shape index (κ1) is 16.7. The number of carbonyl (C=O) groups is 1. The second-order valence-electron chi connectivity index (χ2n) is 5.85. The second kappa shape index (κ2) is 7.20. The zero-order valence-corrected chi connectivity index (χ0v) is 14.2. The van der Waals surface area contributed by atoms with Gasteiger partial charge in [-0.3, -0.25) is 14.7 Å². The average Bonchev–Trinajstić information content (AvgIpc) is 2.95. The number of nitrogens with one attached hydrogen (secondary N) is 1. The van der Waals surface area contributed by atoms with Gasteiger partial charge in [0.1, 0.15) is 11.5 Å². The highest BCUT2D eigenvalue weighted by atomic mass is 32.1. The monoisotopic (exact) mass is 348 g/mol. The molecule has 1 amide bonds. The molecule has 2 aromatic heterocycles. The Hall–Kier alpha value is -2.10. The van der Waals surface area contributed by atoms with Gasteiger partial charge in [-0.25, -0.2) is 9.97 Å². The van der Waals surface area contributed by atoms with Crippen LogP contribution in [0, 0.1) is 6.92 Å². The molecule has 2 aromatic rings. The van der Waals surface area contributed by atoms with Crippen molar-refractivity contribution in [3.63, 3.8) is 0 Å². The Morgan fingerprint density at radius 1 is 1.50 bits per heavy atom. The van der Waals surface area contributed by atoms with Crippen molar-refractivity contribution in [1.29, 1.82) is 0 Å². The number of anilines is 1. The van der Waals surface area contributed by atoms with Crippen molar-refractivity contribution >= 4 is 23.1 Å². The van der Waals surface area contributed by atoms with Crippen molar-refractivity contribution in [1.82, 2.24) is 19.9 Å². The van der Waals surface area contributed by atoms with E-state index in [-0.39, 0.29) is 11.7 Å². The molecular formula is C15H20N6O2S. The van der Waals surface area contributed by atoms with E-state index in [2.05, 4.69) is 30.5 Å². The number of carbonyl (C=O) groups excluding carboxylic acids is 1. The molecule has 3 rings (SSSR count). The molecule has 9 heteroatoms. The molecule has 4 N–H and O–H groups in total. The van der Waals surface area contributed by atoms with E-state index in [1.165, 1.54) is 12.4 Å². The first-order chi connectivity index (χ1) is 11.5. The molecule has 0 radical (unpaired) electrons. The third-order valence-electron chi connectivity index (χ3n) is 3.94. The van der Waals surface area contributed by atoms with Crippen molar-refractivity contribution in [2.24, 2.45) is 5.73 Å². The number of β-amino-alcohol motifs (C(OH)–C–C–N with tert-alkyl or cyclic N) is 1. The van der Waals surface area contributed by atoms with Gasteiger partial charge in [0.2, 0.25) is 0 Å². The van der Waals surface area contributed by atoms with Gasteiger partial charge in [-0.15, -0.1) is 11.3 Å². The normalized spacial score (nSPS) is 21.6. The number of aromatic nitrogens is 3. The van der Waals surface area contributed by atoms with Gasteiger partial charge in [0, 0.05) is 25.0 Å². The van der Waals surface area contributed by atoms with Crippen LogP contribution in [0.4, 0.5) is 5.82 Å². The molecule has 24 heavy (non-hydrogen) atoms. The summed E-state index contributed by atoms with van der Waals surface area (Å²) in [7, 11) is 0. The van der Waals surface area contributed by atoms with E-state index < -0.39 is 12.0 Å². The van der Waals surface area contributed by atoms with Crippen LogP contribution in [0.1, 0.15) is 27.6 Å². The number of nitrogens with zero attached hydrogens (tertiary/aromatic N) is 4. The Bertz CT molecular complexity index is 721. The Morgan fingerprint density at radius 2 is 2.33 bits per heavy atom. The quantitative estimate of drug-likeness (QED) is 0.715. The maximum absolute atomic E-state index is 11.2. The third-order valence-corrected chi connectivity index (χ3v) is 4.76. The maximum Gasteiger partial charge on any atom is 0.268 e. The molecule has 0 aliphatic carbocycles. The fourth-order valence-corrected chi connectivity index (χ4v) is 3.37. The van der Waals surface area contributed by atoms with Crippen LogP contribution in [0.15, 0.2) is 17.8 Å². The molecule has 0 aromatic carbocycles. The Morgan fingerprint density at radius 3 is 3.00 bits per heavy atom. The molecule has 1 fully saturated rings. The van der Waals surface area contributed by atoms with E-state index in [9.17, 15) is 9.90 Å². The van der Waals surface area contributed by atoms with Gasteiger partial charge in [0.25, 0.3) is 5.91 Å². The number of primary amides is 1. The van der Waals surface area contributed by atoms with Crippen LogP contribution in [0.3, 0.4) is 0 Å². The fraction of sp³-hybridized carbons (Fsp3) is 0.467. The van der Waals surface area contributed by atoms with E-state index in [0.717, 1.165) is 30.2 Å². The van der Waals surface area contributed by atoms with Crippen molar-refractivity contribution in [3.8, 4) is 0 Å². The summed E-state index contributed by atoms with van der Waals surface area (Å²) in [4.78, 5) is 25.9. The minimum Gasteiger partial charge on any atom is -0.390 e. The predicted molar refractivity (Wildman–Crippen MR) is 90.7 cm³/mol. The number of likely N-dealkylation sites (tertiary alicyclic amines) is 1. The zero-order chi connectivity index (χ0) is 17.1. The van der Waals surface area contributed by atoms with Crippen LogP contribution in [0.2, 0.25) is 0 Å². The SMILES string of the molecule is Cc1nc(CN2CC[C@@H](Nc3cncc(C(N)=O)n3)[C@H](O)C2)cs1. The maximum atomic E-state index is 11.2. The highest BCUT2D eigenvalue weighted by Gasteiger charge is 2.28. The first-order valence-corrected chi connectivity index (χ1v) is 8.59. The molecule has 1 aliphatic rings. The molecule has 0 saturated carbocycles. The van der Waals surface area contributed by atoms with Crippen LogP contribution in [-0.2, 0) is 6.54 Å². The van der Waals surface area contributed by atoms with Crippen molar-refractivity contribution in [3.05, 3.63) is 34.2 Å². The van der Waals surface area contributed by atoms with Gasteiger partial charge < -0.3 is 16.2 Å². The number of hydrogen-bond acceptors (Lipinski definition) is 8. The first-order valence-electron chi connectivity index (χ1n) is 7.71. The largest absolute Gasteiger partial charge is 0.390 e. The summed E-state index contributed by atoms with van der Waals surface area (Å²) >= 11 is 1.63. The van der Waals surface area contributed by atoms with E-state index in [0.29, 0.717) is 12.4 Å². The molecule has 128 valence electrons. The number of thiazole rings is 1. The summed E-state index contributed by atoms with van der Waals surface area (Å²) in [5.41, 5.74) is 6.35. The van der Waals surface area contributed by atoms with Crippen LogP contribution >= 0.6 is 11.3 Å². The number of aliphatic hydroxyl groups is 1. The number of hydrogen-bond donors (Lipinski definition) is 3. The fourth-order valence-electron chi connectivity index (χ4n) is 2.76. The molecular weight excluding hydrogens is 328 g/mol. The molecule has 0 spiro atoms. The topological polar surface area (TPSA) is 117 Å². The van der Waals surface area contributed by atoms with E-state index in [1.54, 1.807) is 11.3 Å². The smallest absolute Gasteiger partial charge is 0.268 e. The summed E-state index contributed by atoms with van der Waals surface area (Å²) in [6.07, 6.45) is 3.05. The van der Waals surface area contributed by atoms with Gasteiger partial charge in [0.15, 0.2) is 0 Å². The Balaban J connectivity index is 1.57. The molecule has 3 heterocycles. The minimum absolute atomic E-state index is 0.103. The van der Waals surface area contributed by atoms with Gasteiger partial charge in [0.05, 0.1) is 35.2 Å². The number of piperidine rings is 1. The predicted octanol–water partition coefficient (Wildman–Crippen LogP) is 0.388. The number of aliphatic hydroxyl groups excluding tert-OH is 1. The summed E-state index contributed by atoms with van der Waals surface area (Å²) in [6.45, 7) is 4.12. The number of nitrogens with two attached hydrogens (primary N) is 1. The number of amides is 1. The van der Waals surface area contributed by atoms with Crippen LogP contribution in [0.25, 0.3) is 0 Å². The summed E-state index contributed by atoms with van der Waals surface area (Å²) in [6, 6.07) is -0.143. The highest BCUT2D eigenvalue weighted by Crippen LogP contribution is 2.18. The van der Waals surface area contributed by atoms with Gasteiger partial charge in [-0.05, 0) is 13.3 Å². The van der Waals surface area contributed by atoms with Crippen molar-refractivity contribution in [2.45, 2.75) is 32.0 Å². The van der Waals surface area contributed by atoms with Crippen LogP contribution < -0.4 is 11.1 Å². The molecule has 8 nitrogen and oxygen atoms in total. The minimum atomic E-state index is -0.625. The molecule has 1 aliphatic heterocycles. The third kappa shape index (κ3) is 4.05. The van der Waals surface area contributed by atoms with E-state index in [1.807, 2.05) is 6.92 Å². The lowest BCUT2D eigenvalue weighted by Crippen LogP contribution is -2.49. The van der Waals surface area contributed by atoms with Gasteiger partial charge in [-0.1, -0.05) is 0 Å². The summed E-state index contributed by atoms with van der Waals surface area (Å²) < 4.78 is 0. The lowest BCUT2D eigenvalue weighted by atomic mass is 10.0. The lowest BCUT2D eigenvalue weighted by Gasteiger charge is -2.36. The second-order valence-corrected chi connectivity index (χ2v) is 6.92. The van der Waals surface area contributed by atoms with E-state index >= 15 is 0 Å². The Kier molecular flexibility index (Phi) is 5.03. The molecule has 1 saturated heterocycles. The van der Waals surface area contributed by atoms with Crippen molar-refractivity contribution < 1.29 is 9.90 Å². The standard InChI is InChI=1S/C15H20N6O2S/c1-9-18-10(8-24-9)6-21-3-2-11(13(22)7-21)19-14-5-17-4-12(20-14)15(16)23/h4-5,8,11,13,22H,2-3,6-7H2,1H3,(H2,16,23)(H,19,20)/t11-,13-/m1/s1. The zero-order valence-electron chi connectivity index (χ0n) is 13.3. The van der Waals surface area contributed by atoms with Crippen LogP contribution in [-0.4, -0.2) is 56.1 Å². The molecule has 0 bridgehead atoms. The molecule has 0 unspecified atom stereocenters. The Labute approximate surface area is 143 Å². The van der Waals surface area contributed by atoms with Crippen molar-refractivity contribution in [2.75, 3.05) is 18.4 Å². The number of aryl methyl sites for hydroxylation is 1. The number of rotatable bonds is 5. The lowest BCUT2D eigenvalue weighted by molar-refractivity contribution is 0.0555. The van der Waals surface area contributed by atoms with Gasteiger partial charge >= 0.3 is 0 Å².